The number of rotatable bonds is 7. The molecule has 0 bridgehead atoms. The van der Waals surface area contributed by atoms with E-state index < -0.39 is 0 Å². The number of nitrogens with zero attached hydrogens (tertiary/aromatic N) is 4. The molecule has 1 amide bonds. The van der Waals surface area contributed by atoms with Gasteiger partial charge in [0.15, 0.2) is 0 Å². The fourth-order valence-electron chi connectivity index (χ4n) is 4.19. The van der Waals surface area contributed by atoms with Crippen molar-refractivity contribution in [3.05, 3.63) is 78.1 Å². The van der Waals surface area contributed by atoms with Gasteiger partial charge in [0.05, 0.1) is 19.0 Å². The number of methoxy groups -OCH3 is 1. The van der Waals surface area contributed by atoms with Crippen LogP contribution in [0.5, 0.6) is 5.75 Å². The Balaban J connectivity index is 1.36. The largest absolute Gasteiger partial charge is 0.497 e. The predicted molar refractivity (Wildman–Crippen MR) is 121 cm³/mol. The van der Waals surface area contributed by atoms with Gasteiger partial charge < -0.3 is 9.64 Å². The second kappa shape index (κ2) is 9.79. The van der Waals surface area contributed by atoms with Crippen LogP contribution in [0.1, 0.15) is 30.4 Å². The number of amides is 1. The van der Waals surface area contributed by atoms with Gasteiger partial charge in [0.2, 0.25) is 5.91 Å². The standard InChI is InChI=1S/C25H30N4O2/c1-27(17-21-16-26-29(19-21)23-9-6-10-24(15-23)31-2)22-11-12-25(30)28(14-13-22)18-20-7-4-3-5-8-20/h3-10,15-16,19,22H,11-14,17-18H2,1-2H3. The fourth-order valence-corrected chi connectivity index (χ4v) is 4.19. The van der Waals surface area contributed by atoms with E-state index >= 15 is 0 Å². The molecule has 1 unspecified atom stereocenters. The second-order valence-corrected chi connectivity index (χ2v) is 8.19. The van der Waals surface area contributed by atoms with Crippen LogP contribution < -0.4 is 4.74 Å². The van der Waals surface area contributed by atoms with Gasteiger partial charge in [-0.15, -0.1) is 0 Å². The summed E-state index contributed by atoms with van der Waals surface area (Å²) in [4.78, 5) is 17.0. The highest BCUT2D eigenvalue weighted by Crippen LogP contribution is 2.21. The average Bonchev–Trinajstić information content (AvgIpc) is 3.19. The summed E-state index contributed by atoms with van der Waals surface area (Å²) in [5.41, 5.74) is 3.32. The van der Waals surface area contributed by atoms with E-state index in [1.807, 2.05) is 58.2 Å². The van der Waals surface area contributed by atoms with Gasteiger partial charge in [-0.25, -0.2) is 4.68 Å². The molecule has 0 radical (unpaired) electrons. The predicted octanol–water partition coefficient (Wildman–Crippen LogP) is 3.89. The molecule has 0 aliphatic carbocycles. The molecule has 162 valence electrons. The fraction of sp³-hybridized carbons (Fsp3) is 0.360. The lowest BCUT2D eigenvalue weighted by molar-refractivity contribution is -0.131. The summed E-state index contributed by atoms with van der Waals surface area (Å²) in [5.74, 6) is 1.07. The minimum Gasteiger partial charge on any atom is -0.497 e. The lowest BCUT2D eigenvalue weighted by Crippen LogP contribution is -2.33. The van der Waals surface area contributed by atoms with Crippen molar-refractivity contribution in [2.45, 2.75) is 38.4 Å². The Morgan fingerprint density at radius 2 is 1.94 bits per heavy atom. The zero-order valence-electron chi connectivity index (χ0n) is 18.3. The van der Waals surface area contributed by atoms with E-state index in [9.17, 15) is 4.79 Å². The van der Waals surface area contributed by atoms with Crippen LogP contribution in [0.3, 0.4) is 0 Å². The van der Waals surface area contributed by atoms with E-state index in [1.165, 1.54) is 5.56 Å². The van der Waals surface area contributed by atoms with Crippen molar-refractivity contribution in [3.63, 3.8) is 0 Å². The minimum atomic E-state index is 0.255. The Bertz CT molecular complexity index is 1000. The third kappa shape index (κ3) is 5.33. The van der Waals surface area contributed by atoms with Crippen LogP contribution in [-0.4, -0.2) is 52.2 Å². The lowest BCUT2D eigenvalue weighted by atomic mass is 10.1. The molecule has 1 aliphatic heterocycles. The van der Waals surface area contributed by atoms with E-state index in [2.05, 4.69) is 35.4 Å². The van der Waals surface area contributed by atoms with Crippen LogP contribution in [0.15, 0.2) is 67.0 Å². The van der Waals surface area contributed by atoms with Crippen LogP contribution in [0.4, 0.5) is 0 Å². The number of likely N-dealkylation sites (tertiary alicyclic amines) is 1. The third-order valence-corrected chi connectivity index (χ3v) is 6.00. The first-order valence-electron chi connectivity index (χ1n) is 10.8. The molecule has 0 N–H and O–H groups in total. The van der Waals surface area contributed by atoms with Gasteiger partial charge in [-0.3, -0.25) is 9.69 Å². The summed E-state index contributed by atoms with van der Waals surface area (Å²) in [7, 11) is 3.81. The quantitative estimate of drug-likeness (QED) is 0.584. The normalized spacial score (nSPS) is 17.1. The van der Waals surface area contributed by atoms with Gasteiger partial charge in [0.25, 0.3) is 0 Å². The van der Waals surface area contributed by atoms with Crippen molar-refractivity contribution in [1.29, 1.82) is 0 Å². The Labute approximate surface area is 184 Å². The molecule has 2 heterocycles. The number of carbonyl (C=O) groups excluding carboxylic acids is 1. The first-order valence-corrected chi connectivity index (χ1v) is 10.8. The minimum absolute atomic E-state index is 0.255. The maximum absolute atomic E-state index is 12.6. The van der Waals surface area contributed by atoms with E-state index in [4.69, 9.17) is 4.74 Å². The monoisotopic (exact) mass is 418 g/mol. The Morgan fingerprint density at radius 3 is 2.74 bits per heavy atom. The first-order chi connectivity index (χ1) is 15.1. The van der Waals surface area contributed by atoms with Crippen molar-refractivity contribution < 1.29 is 9.53 Å². The number of ether oxygens (including phenoxy) is 1. The molecule has 0 spiro atoms. The molecule has 1 aliphatic rings. The van der Waals surface area contributed by atoms with Gasteiger partial charge in [0, 0.05) is 49.9 Å². The molecule has 4 rings (SSSR count). The Kier molecular flexibility index (Phi) is 6.67. The summed E-state index contributed by atoms with van der Waals surface area (Å²) in [6, 6.07) is 18.5. The molecule has 6 heteroatoms. The zero-order chi connectivity index (χ0) is 21.6. The SMILES string of the molecule is COc1cccc(-n2cc(CN(C)C3CCC(=O)N(Cc4ccccc4)CC3)cn2)c1. The van der Waals surface area contributed by atoms with Crippen LogP contribution in [-0.2, 0) is 17.9 Å². The summed E-state index contributed by atoms with van der Waals surface area (Å²) >= 11 is 0. The van der Waals surface area contributed by atoms with Crippen LogP contribution in [0, 0.1) is 0 Å². The number of carbonyl (C=O) groups is 1. The molecule has 1 atom stereocenters. The second-order valence-electron chi connectivity index (χ2n) is 8.19. The molecule has 6 nitrogen and oxygen atoms in total. The highest BCUT2D eigenvalue weighted by atomic mass is 16.5. The molecule has 0 saturated carbocycles. The third-order valence-electron chi connectivity index (χ3n) is 6.00. The molecule has 1 saturated heterocycles. The number of benzene rings is 2. The molecule has 3 aromatic rings. The summed E-state index contributed by atoms with van der Waals surface area (Å²) < 4.78 is 7.19. The van der Waals surface area contributed by atoms with Crippen molar-refractivity contribution in [2.24, 2.45) is 0 Å². The Hall–Kier alpha value is -3.12. The topological polar surface area (TPSA) is 50.6 Å². The van der Waals surface area contributed by atoms with Crippen LogP contribution in [0.25, 0.3) is 5.69 Å². The number of aromatic nitrogens is 2. The molecule has 1 fully saturated rings. The summed E-state index contributed by atoms with van der Waals surface area (Å²) in [6.07, 6.45) is 6.46. The number of hydrogen-bond acceptors (Lipinski definition) is 4. The van der Waals surface area contributed by atoms with Gasteiger partial charge in [0.1, 0.15) is 5.75 Å². The zero-order valence-corrected chi connectivity index (χ0v) is 18.3. The molecule has 2 aromatic carbocycles. The van der Waals surface area contributed by atoms with Gasteiger partial charge >= 0.3 is 0 Å². The highest BCUT2D eigenvalue weighted by molar-refractivity contribution is 5.76. The summed E-state index contributed by atoms with van der Waals surface area (Å²) in [5, 5.41) is 4.52. The van der Waals surface area contributed by atoms with E-state index in [-0.39, 0.29) is 5.91 Å². The molecule has 1 aromatic heterocycles. The molecule has 31 heavy (non-hydrogen) atoms. The van der Waals surface area contributed by atoms with E-state index in [1.54, 1.807) is 7.11 Å². The van der Waals surface area contributed by atoms with Crippen molar-refractivity contribution in [1.82, 2.24) is 19.6 Å². The summed E-state index contributed by atoms with van der Waals surface area (Å²) in [6.45, 7) is 2.30. The van der Waals surface area contributed by atoms with Crippen molar-refractivity contribution in [2.75, 3.05) is 20.7 Å². The smallest absolute Gasteiger partial charge is 0.222 e. The first kappa shape index (κ1) is 21.1. The van der Waals surface area contributed by atoms with Crippen molar-refractivity contribution >= 4 is 5.91 Å². The van der Waals surface area contributed by atoms with Gasteiger partial charge in [-0.1, -0.05) is 36.4 Å². The highest BCUT2D eigenvalue weighted by Gasteiger charge is 2.25. The van der Waals surface area contributed by atoms with Crippen LogP contribution in [0.2, 0.25) is 0 Å². The molecular formula is C25H30N4O2. The maximum Gasteiger partial charge on any atom is 0.222 e. The molecular weight excluding hydrogens is 388 g/mol. The maximum atomic E-state index is 12.6. The number of hydrogen-bond donors (Lipinski definition) is 0. The van der Waals surface area contributed by atoms with Gasteiger partial charge in [-0.2, -0.15) is 5.10 Å². The van der Waals surface area contributed by atoms with Crippen molar-refractivity contribution in [3.8, 4) is 11.4 Å². The Morgan fingerprint density at radius 1 is 1.10 bits per heavy atom. The van der Waals surface area contributed by atoms with Crippen LogP contribution >= 0.6 is 0 Å². The van der Waals surface area contributed by atoms with E-state index in [0.29, 0.717) is 19.0 Å². The van der Waals surface area contributed by atoms with Gasteiger partial charge in [-0.05, 0) is 37.6 Å². The average molecular weight is 419 g/mol. The lowest BCUT2D eigenvalue weighted by Gasteiger charge is -2.26. The van der Waals surface area contributed by atoms with E-state index in [0.717, 1.165) is 42.9 Å².